The van der Waals surface area contributed by atoms with Gasteiger partial charge in [-0.15, -0.1) is 0 Å². The first-order valence-electron chi connectivity index (χ1n) is 4.60. The van der Waals surface area contributed by atoms with Crippen LogP contribution in [0.5, 0.6) is 0 Å². The summed E-state index contributed by atoms with van der Waals surface area (Å²) in [4.78, 5) is 22.6. The van der Waals surface area contributed by atoms with Gasteiger partial charge in [0.25, 0.3) is 0 Å². The van der Waals surface area contributed by atoms with Crippen LogP contribution in [0.2, 0.25) is 0 Å². The summed E-state index contributed by atoms with van der Waals surface area (Å²) in [5, 5.41) is 15.0. The van der Waals surface area contributed by atoms with E-state index >= 15 is 0 Å². The molecule has 1 saturated heterocycles. The van der Waals surface area contributed by atoms with E-state index in [0.29, 0.717) is 13.2 Å². The summed E-state index contributed by atoms with van der Waals surface area (Å²) in [6.45, 7) is 0.674. The van der Waals surface area contributed by atoms with E-state index in [4.69, 9.17) is 4.74 Å². The lowest BCUT2D eigenvalue weighted by Crippen LogP contribution is -2.50. The van der Waals surface area contributed by atoms with Crippen molar-refractivity contribution in [2.45, 2.75) is 18.4 Å². The topological polar surface area (TPSA) is 97.2 Å². The van der Waals surface area contributed by atoms with Gasteiger partial charge in [-0.05, 0) is 0 Å². The molecule has 0 unspecified atom stereocenters. The molecule has 1 aliphatic heterocycles. The van der Waals surface area contributed by atoms with Crippen LogP contribution in [0, 0.1) is 0 Å². The zero-order valence-corrected chi connectivity index (χ0v) is 7.97. The molecular formula is C8H11N3O4. The molecule has 1 aromatic heterocycles. The Morgan fingerprint density at radius 3 is 2.73 bits per heavy atom. The Balaban J connectivity index is 2.47. The Labute approximate surface area is 84.7 Å². The molecule has 2 rings (SSSR count). The summed E-state index contributed by atoms with van der Waals surface area (Å²) in [5.74, 6) is -1.02. The predicted octanol–water partition coefficient (Wildman–Crippen LogP) is -0.838. The van der Waals surface area contributed by atoms with Crippen LogP contribution >= 0.6 is 0 Å². The van der Waals surface area contributed by atoms with Gasteiger partial charge in [0, 0.05) is 26.1 Å². The van der Waals surface area contributed by atoms with Crippen molar-refractivity contribution >= 4 is 5.97 Å². The third-order valence-electron chi connectivity index (χ3n) is 2.73. The molecule has 0 aliphatic carbocycles. The maximum Gasteiger partial charge on any atom is 0.344 e. The Kier molecular flexibility index (Phi) is 2.31. The van der Waals surface area contributed by atoms with E-state index < -0.39 is 17.2 Å². The van der Waals surface area contributed by atoms with Crippen LogP contribution in [-0.4, -0.2) is 39.1 Å². The normalized spacial score (nSPS) is 20.0. The smallest absolute Gasteiger partial charge is 0.344 e. The molecule has 15 heavy (non-hydrogen) atoms. The maximum atomic E-state index is 11.4. The van der Waals surface area contributed by atoms with Gasteiger partial charge in [-0.2, -0.15) is 5.10 Å². The van der Waals surface area contributed by atoms with E-state index in [1.54, 1.807) is 0 Å². The van der Waals surface area contributed by atoms with Crippen molar-refractivity contribution in [3.05, 3.63) is 16.8 Å². The molecule has 2 heterocycles. The zero-order valence-electron chi connectivity index (χ0n) is 7.97. The summed E-state index contributed by atoms with van der Waals surface area (Å²) in [6, 6.07) is 0. The number of aliphatic carboxylic acids is 1. The molecule has 0 spiro atoms. The second kappa shape index (κ2) is 3.50. The molecule has 82 valence electrons. The Bertz CT molecular complexity index is 416. The van der Waals surface area contributed by atoms with Gasteiger partial charge in [0.15, 0.2) is 5.54 Å². The van der Waals surface area contributed by atoms with Gasteiger partial charge >= 0.3 is 11.7 Å². The SMILES string of the molecule is O=C(O)C1(n2cn[nH]c2=O)CCOCC1. The summed E-state index contributed by atoms with van der Waals surface area (Å²) < 4.78 is 6.24. The minimum atomic E-state index is -1.21. The molecular weight excluding hydrogens is 202 g/mol. The molecule has 7 nitrogen and oxygen atoms in total. The summed E-state index contributed by atoms with van der Waals surface area (Å²) in [5.41, 5.74) is -1.71. The highest BCUT2D eigenvalue weighted by molar-refractivity contribution is 5.76. The molecule has 0 bridgehead atoms. The first-order chi connectivity index (χ1) is 7.17. The van der Waals surface area contributed by atoms with Crippen molar-refractivity contribution < 1.29 is 14.6 Å². The lowest BCUT2D eigenvalue weighted by molar-refractivity contribution is -0.153. The first kappa shape index (κ1) is 9.91. The van der Waals surface area contributed by atoms with E-state index in [1.165, 1.54) is 6.33 Å². The highest BCUT2D eigenvalue weighted by Crippen LogP contribution is 2.27. The molecule has 0 radical (unpaired) electrons. The average Bonchev–Trinajstić information content (AvgIpc) is 2.66. The second-order valence-electron chi connectivity index (χ2n) is 3.48. The first-order valence-corrected chi connectivity index (χ1v) is 4.60. The fraction of sp³-hybridized carbons (Fsp3) is 0.625. The highest BCUT2D eigenvalue weighted by Gasteiger charge is 2.43. The number of aromatic nitrogens is 3. The van der Waals surface area contributed by atoms with Crippen molar-refractivity contribution in [2.24, 2.45) is 0 Å². The van der Waals surface area contributed by atoms with Crippen molar-refractivity contribution in [1.82, 2.24) is 14.8 Å². The molecule has 0 aromatic carbocycles. The van der Waals surface area contributed by atoms with Gasteiger partial charge < -0.3 is 9.84 Å². The summed E-state index contributed by atoms with van der Waals surface area (Å²) in [6.07, 6.45) is 1.78. The minimum absolute atomic E-state index is 0.280. The molecule has 0 amide bonds. The number of carbonyl (C=O) groups is 1. The van der Waals surface area contributed by atoms with E-state index in [9.17, 15) is 14.7 Å². The third-order valence-corrected chi connectivity index (χ3v) is 2.73. The van der Waals surface area contributed by atoms with Crippen LogP contribution in [0.25, 0.3) is 0 Å². The number of rotatable bonds is 2. The molecule has 1 aliphatic rings. The molecule has 1 aromatic rings. The third kappa shape index (κ3) is 1.44. The largest absolute Gasteiger partial charge is 0.479 e. The van der Waals surface area contributed by atoms with Crippen LogP contribution in [0.15, 0.2) is 11.1 Å². The quantitative estimate of drug-likeness (QED) is 0.667. The number of hydrogen-bond acceptors (Lipinski definition) is 4. The van der Waals surface area contributed by atoms with Crippen LogP contribution in [-0.2, 0) is 15.1 Å². The minimum Gasteiger partial charge on any atom is -0.479 e. The van der Waals surface area contributed by atoms with Gasteiger partial charge in [-0.3, -0.25) is 4.57 Å². The predicted molar refractivity (Wildman–Crippen MR) is 48.5 cm³/mol. The van der Waals surface area contributed by atoms with Crippen LogP contribution < -0.4 is 5.69 Å². The van der Waals surface area contributed by atoms with Gasteiger partial charge in [0.1, 0.15) is 6.33 Å². The van der Waals surface area contributed by atoms with Gasteiger partial charge in [0.05, 0.1) is 0 Å². The standard InChI is InChI=1S/C8H11N3O4/c12-6(13)8(1-3-15-4-2-8)11-5-9-10-7(11)14/h5H,1-4H2,(H,10,14)(H,12,13). The molecule has 0 saturated carbocycles. The molecule has 0 atom stereocenters. The fourth-order valence-corrected chi connectivity index (χ4v) is 1.82. The number of carboxylic acids is 1. The van der Waals surface area contributed by atoms with Crippen LogP contribution in [0.3, 0.4) is 0 Å². The Morgan fingerprint density at radius 1 is 1.60 bits per heavy atom. The van der Waals surface area contributed by atoms with Gasteiger partial charge in [-0.25, -0.2) is 14.7 Å². The van der Waals surface area contributed by atoms with Gasteiger partial charge in [-0.1, -0.05) is 0 Å². The monoisotopic (exact) mass is 213 g/mol. The van der Waals surface area contributed by atoms with E-state index in [2.05, 4.69) is 10.2 Å². The number of aromatic amines is 1. The Morgan fingerprint density at radius 2 is 2.27 bits per heavy atom. The van der Waals surface area contributed by atoms with E-state index in [1.807, 2.05) is 0 Å². The lowest BCUT2D eigenvalue weighted by atomic mass is 9.90. The van der Waals surface area contributed by atoms with Crippen molar-refractivity contribution in [3.8, 4) is 0 Å². The van der Waals surface area contributed by atoms with Crippen molar-refractivity contribution in [2.75, 3.05) is 13.2 Å². The number of nitrogens with zero attached hydrogens (tertiary/aromatic N) is 2. The number of H-pyrrole nitrogens is 1. The van der Waals surface area contributed by atoms with E-state index in [0.717, 1.165) is 4.57 Å². The average molecular weight is 213 g/mol. The number of ether oxygens (including phenoxy) is 1. The van der Waals surface area contributed by atoms with Crippen molar-refractivity contribution in [1.29, 1.82) is 0 Å². The number of carboxylic acid groups (broad SMARTS) is 1. The fourth-order valence-electron chi connectivity index (χ4n) is 1.82. The summed E-state index contributed by atoms with van der Waals surface area (Å²) in [7, 11) is 0. The zero-order chi connectivity index (χ0) is 10.9. The molecule has 2 N–H and O–H groups in total. The van der Waals surface area contributed by atoms with Crippen LogP contribution in [0.1, 0.15) is 12.8 Å². The summed E-state index contributed by atoms with van der Waals surface area (Å²) >= 11 is 0. The number of nitrogens with one attached hydrogen (secondary N) is 1. The second-order valence-corrected chi connectivity index (χ2v) is 3.48. The molecule has 7 heteroatoms. The maximum absolute atomic E-state index is 11.4. The number of hydrogen-bond donors (Lipinski definition) is 2. The van der Waals surface area contributed by atoms with Crippen molar-refractivity contribution in [3.63, 3.8) is 0 Å². The molecule has 1 fully saturated rings. The van der Waals surface area contributed by atoms with Gasteiger partial charge in [0.2, 0.25) is 0 Å². The Hall–Kier alpha value is -1.63. The highest BCUT2D eigenvalue weighted by atomic mass is 16.5. The van der Waals surface area contributed by atoms with Crippen LogP contribution in [0.4, 0.5) is 0 Å². The van der Waals surface area contributed by atoms with E-state index in [-0.39, 0.29) is 12.8 Å². The lowest BCUT2D eigenvalue weighted by Gasteiger charge is -2.32.